The largest absolute Gasteiger partial charge is 0.310 e. The number of halogens is 2. The van der Waals surface area contributed by atoms with Crippen LogP contribution in [0.5, 0.6) is 0 Å². The molecule has 2 aliphatic rings. The molecule has 3 rings (SSSR count). The van der Waals surface area contributed by atoms with Crippen molar-refractivity contribution >= 4 is 27.5 Å². The number of nitrogens with one attached hydrogen (secondary N) is 1. The van der Waals surface area contributed by atoms with Crippen LogP contribution in [0.2, 0.25) is 5.02 Å². The summed E-state index contributed by atoms with van der Waals surface area (Å²) in [5, 5.41) is 4.51. The lowest BCUT2D eigenvalue weighted by atomic mass is 9.97. The van der Waals surface area contributed by atoms with Gasteiger partial charge in [-0.1, -0.05) is 27.5 Å². The van der Waals surface area contributed by atoms with Gasteiger partial charge in [0.25, 0.3) is 0 Å². The number of benzene rings is 1. The summed E-state index contributed by atoms with van der Waals surface area (Å²) >= 11 is 9.65. The Bertz CT molecular complexity index is 452. The van der Waals surface area contributed by atoms with Crippen LogP contribution in [0.3, 0.4) is 0 Å². The quantitative estimate of drug-likeness (QED) is 0.897. The molecule has 2 aliphatic heterocycles. The Morgan fingerprint density at radius 3 is 3.11 bits per heavy atom. The Kier molecular flexibility index (Phi) is 4.47. The molecule has 1 aromatic rings. The Hall–Kier alpha value is -0.0900. The third-order valence-corrected chi connectivity index (χ3v) is 5.42. The van der Waals surface area contributed by atoms with E-state index in [0.717, 1.165) is 22.1 Å². The lowest BCUT2D eigenvalue weighted by molar-refractivity contribution is 0.166. The van der Waals surface area contributed by atoms with Crippen molar-refractivity contribution in [1.82, 2.24) is 10.2 Å². The van der Waals surface area contributed by atoms with Crippen molar-refractivity contribution < 1.29 is 0 Å². The van der Waals surface area contributed by atoms with Gasteiger partial charge in [-0.15, -0.1) is 0 Å². The topological polar surface area (TPSA) is 15.3 Å². The molecule has 0 aromatic heterocycles. The fourth-order valence-electron chi connectivity index (χ4n) is 3.34. The van der Waals surface area contributed by atoms with Gasteiger partial charge in [-0.05, 0) is 62.5 Å². The molecule has 4 heteroatoms. The predicted octanol–water partition coefficient (Wildman–Crippen LogP) is 3.82. The minimum Gasteiger partial charge on any atom is -0.310 e. The lowest BCUT2D eigenvalue weighted by Crippen LogP contribution is -2.45. The minimum atomic E-state index is 0.658. The van der Waals surface area contributed by atoms with E-state index in [1.807, 2.05) is 18.2 Å². The van der Waals surface area contributed by atoms with Crippen LogP contribution in [0, 0.1) is 0 Å². The molecule has 1 aromatic carbocycles. The van der Waals surface area contributed by atoms with E-state index in [2.05, 4.69) is 26.1 Å². The molecule has 2 atom stereocenters. The number of hydrogen-bond acceptors (Lipinski definition) is 2. The van der Waals surface area contributed by atoms with E-state index in [-0.39, 0.29) is 0 Å². The molecule has 104 valence electrons. The smallest absolute Gasteiger partial charge is 0.0410 e. The van der Waals surface area contributed by atoms with E-state index in [1.54, 1.807) is 0 Å². The van der Waals surface area contributed by atoms with Gasteiger partial charge in [0.05, 0.1) is 0 Å². The third kappa shape index (κ3) is 3.33. The second kappa shape index (κ2) is 6.13. The first-order valence-corrected chi connectivity index (χ1v) is 8.31. The van der Waals surface area contributed by atoms with Gasteiger partial charge < -0.3 is 10.2 Å². The van der Waals surface area contributed by atoms with E-state index < -0.39 is 0 Å². The van der Waals surface area contributed by atoms with Crippen molar-refractivity contribution in [1.29, 1.82) is 0 Å². The monoisotopic (exact) mass is 342 g/mol. The van der Waals surface area contributed by atoms with Crippen LogP contribution >= 0.6 is 27.5 Å². The van der Waals surface area contributed by atoms with Crippen LogP contribution in [0.25, 0.3) is 0 Å². The highest BCUT2D eigenvalue weighted by atomic mass is 79.9. The summed E-state index contributed by atoms with van der Waals surface area (Å²) in [7, 11) is 0. The van der Waals surface area contributed by atoms with Gasteiger partial charge in [0.15, 0.2) is 0 Å². The van der Waals surface area contributed by atoms with Crippen LogP contribution in [0.4, 0.5) is 0 Å². The summed E-state index contributed by atoms with van der Waals surface area (Å²) in [6, 6.07) is 7.48. The van der Waals surface area contributed by atoms with E-state index in [9.17, 15) is 0 Å². The first-order chi connectivity index (χ1) is 9.22. The highest BCUT2D eigenvalue weighted by Gasteiger charge is 2.31. The van der Waals surface area contributed by atoms with E-state index >= 15 is 0 Å². The zero-order chi connectivity index (χ0) is 13.2. The van der Waals surface area contributed by atoms with Crippen LogP contribution in [0.1, 0.15) is 31.2 Å². The SMILES string of the molecule is Clc1ccc(Br)c(CNC2CCN3CCCC3C2)c1. The second-order valence-electron chi connectivity index (χ2n) is 5.67. The molecule has 2 heterocycles. The van der Waals surface area contributed by atoms with Gasteiger partial charge in [0.2, 0.25) is 0 Å². The summed E-state index contributed by atoms with van der Waals surface area (Å²) in [6.45, 7) is 3.48. The highest BCUT2D eigenvalue weighted by Crippen LogP contribution is 2.27. The average Bonchev–Trinajstić information content (AvgIpc) is 2.87. The maximum absolute atomic E-state index is 6.06. The van der Waals surface area contributed by atoms with E-state index in [4.69, 9.17) is 11.6 Å². The maximum Gasteiger partial charge on any atom is 0.0410 e. The highest BCUT2D eigenvalue weighted by molar-refractivity contribution is 9.10. The zero-order valence-corrected chi connectivity index (χ0v) is 13.4. The van der Waals surface area contributed by atoms with E-state index in [0.29, 0.717) is 6.04 Å². The van der Waals surface area contributed by atoms with Crippen molar-refractivity contribution in [2.45, 2.75) is 44.3 Å². The van der Waals surface area contributed by atoms with Crippen molar-refractivity contribution in [3.05, 3.63) is 33.3 Å². The van der Waals surface area contributed by atoms with Crippen molar-refractivity contribution in [3.8, 4) is 0 Å². The first kappa shape index (κ1) is 13.9. The summed E-state index contributed by atoms with van der Waals surface area (Å²) in [5.41, 5.74) is 1.25. The first-order valence-electron chi connectivity index (χ1n) is 7.14. The molecule has 0 radical (unpaired) electrons. The van der Waals surface area contributed by atoms with Crippen molar-refractivity contribution in [2.75, 3.05) is 13.1 Å². The van der Waals surface area contributed by atoms with Gasteiger partial charge in [0.1, 0.15) is 0 Å². The summed E-state index contributed by atoms with van der Waals surface area (Å²) in [4.78, 5) is 2.66. The summed E-state index contributed by atoms with van der Waals surface area (Å²) in [6.07, 6.45) is 5.35. The van der Waals surface area contributed by atoms with Crippen LogP contribution in [0.15, 0.2) is 22.7 Å². The summed E-state index contributed by atoms with van der Waals surface area (Å²) in [5.74, 6) is 0. The molecule has 0 amide bonds. The standard InChI is InChI=1S/C15H20BrClN2/c16-15-4-3-12(17)8-11(15)10-18-13-5-7-19-6-1-2-14(19)9-13/h3-4,8,13-14,18H,1-2,5-7,9-10H2. The number of fused-ring (bicyclic) bond motifs is 1. The molecule has 0 spiro atoms. The Balaban J connectivity index is 1.56. The van der Waals surface area contributed by atoms with Crippen molar-refractivity contribution in [3.63, 3.8) is 0 Å². The molecule has 0 saturated carbocycles. The molecule has 0 bridgehead atoms. The van der Waals surface area contributed by atoms with Crippen LogP contribution in [-0.4, -0.2) is 30.1 Å². The van der Waals surface area contributed by atoms with Crippen LogP contribution < -0.4 is 5.32 Å². The minimum absolute atomic E-state index is 0.658. The molecule has 2 nitrogen and oxygen atoms in total. The number of piperidine rings is 1. The number of rotatable bonds is 3. The van der Waals surface area contributed by atoms with Crippen LogP contribution in [-0.2, 0) is 6.54 Å². The molecular formula is C15H20BrClN2. The molecule has 2 unspecified atom stereocenters. The van der Waals surface area contributed by atoms with Gasteiger partial charge in [-0.25, -0.2) is 0 Å². The molecule has 2 fully saturated rings. The van der Waals surface area contributed by atoms with Gasteiger partial charge in [-0.3, -0.25) is 0 Å². The zero-order valence-electron chi connectivity index (χ0n) is 11.0. The van der Waals surface area contributed by atoms with Gasteiger partial charge >= 0.3 is 0 Å². The Labute approximate surface area is 128 Å². The van der Waals surface area contributed by atoms with Gasteiger partial charge in [0, 0.05) is 28.1 Å². The Morgan fingerprint density at radius 1 is 1.32 bits per heavy atom. The summed E-state index contributed by atoms with van der Waals surface area (Å²) < 4.78 is 1.14. The molecular weight excluding hydrogens is 324 g/mol. The third-order valence-electron chi connectivity index (χ3n) is 4.41. The van der Waals surface area contributed by atoms with Crippen molar-refractivity contribution in [2.24, 2.45) is 0 Å². The fraction of sp³-hybridized carbons (Fsp3) is 0.600. The number of nitrogens with zero attached hydrogens (tertiary/aromatic N) is 1. The lowest BCUT2D eigenvalue weighted by Gasteiger charge is -2.35. The fourth-order valence-corrected chi connectivity index (χ4v) is 3.92. The molecule has 2 saturated heterocycles. The van der Waals surface area contributed by atoms with Gasteiger partial charge in [-0.2, -0.15) is 0 Å². The molecule has 0 aliphatic carbocycles. The normalized spacial score (nSPS) is 27.5. The maximum atomic E-state index is 6.06. The number of hydrogen-bond donors (Lipinski definition) is 1. The second-order valence-corrected chi connectivity index (χ2v) is 6.96. The molecule has 1 N–H and O–H groups in total. The predicted molar refractivity (Wildman–Crippen MR) is 83.6 cm³/mol. The average molecular weight is 344 g/mol. The molecule has 19 heavy (non-hydrogen) atoms. The van der Waals surface area contributed by atoms with E-state index in [1.165, 1.54) is 44.3 Å². The Morgan fingerprint density at radius 2 is 2.21 bits per heavy atom.